The first-order valence-corrected chi connectivity index (χ1v) is 6.47. The molecule has 0 aliphatic heterocycles. The van der Waals surface area contributed by atoms with Crippen LogP contribution < -0.4 is 10.6 Å². The summed E-state index contributed by atoms with van der Waals surface area (Å²) in [6.45, 7) is 5.50. The molecule has 3 N–H and O–H groups in total. The predicted octanol–water partition coefficient (Wildman–Crippen LogP) is 1.89. The van der Waals surface area contributed by atoms with E-state index in [1.165, 1.54) is 18.9 Å². The molecule has 1 fully saturated rings. The standard InChI is InChI=1S/C13H22N2O3/c1-3-5-11(12(16)17)15-13(18)14-10(4-2)8-9-6-7-9/h3,9-11H,1,4-8H2,2H3,(H,16,17)(H2,14,15,18). The maximum absolute atomic E-state index is 11.7. The van der Waals surface area contributed by atoms with Crippen LogP contribution in [0.3, 0.4) is 0 Å². The monoisotopic (exact) mass is 254 g/mol. The molecule has 0 aromatic carbocycles. The van der Waals surface area contributed by atoms with E-state index in [1.807, 2.05) is 6.92 Å². The van der Waals surface area contributed by atoms with E-state index in [9.17, 15) is 9.59 Å². The number of carboxylic acids is 1. The van der Waals surface area contributed by atoms with Gasteiger partial charge in [0.25, 0.3) is 0 Å². The topological polar surface area (TPSA) is 78.4 Å². The fourth-order valence-electron chi connectivity index (χ4n) is 1.86. The van der Waals surface area contributed by atoms with Crippen LogP contribution in [-0.2, 0) is 4.79 Å². The minimum absolute atomic E-state index is 0.135. The minimum atomic E-state index is -1.04. The third-order valence-electron chi connectivity index (χ3n) is 3.15. The van der Waals surface area contributed by atoms with Gasteiger partial charge in [-0.05, 0) is 25.2 Å². The number of rotatable bonds is 8. The van der Waals surface area contributed by atoms with Crippen LogP contribution in [0.15, 0.2) is 12.7 Å². The first-order chi connectivity index (χ1) is 8.56. The van der Waals surface area contributed by atoms with Crippen molar-refractivity contribution < 1.29 is 14.7 Å². The average molecular weight is 254 g/mol. The highest BCUT2D eigenvalue weighted by atomic mass is 16.4. The average Bonchev–Trinajstić information content (AvgIpc) is 3.11. The van der Waals surface area contributed by atoms with Crippen molar-refractivity contribution in [2.24, 2.45) is 5.92 Å². The van der Waals surface area contributed by atoms with Crippen molar-refractivity contribution in [3.05, 3.63) is 12.7 Å². The molecule has 0 spiro atoms. The van der Waals surface area contributed by atoms with Crippen molar-refractivity contribution in [2.45, 2.75) is 51.1 Å². The van der Waals surface area contributed by atoms with E-state index in [-0.39, 0.29) is 12.5 Å². The normalized spacial score (nSPS) is 17.6. The molecule has 1 aliphatic rings. The zero-order valence-corrected chi connectivity index (χ0v) is 10.8. The summed E-state index contributed by atoms with van der Waals surface area (Å²) in [5.74, 6) is -0.306. The van der Waals surface area contributed by atoms with Gasteiger partial charge in [0, 0.05) is 6.04 Å². The highest BCUT2D eigenvalue weighted by molar-refractivity contribution is 5.82. The van der Waals surface area contributed by atoms with Crippen LogP contribution in [-0.4, -0.2) is 29.2 Å². The number of carboxylic acid groups (broad SMARTS) is 1. The number of amides is 2. The summed E-state index contributed by atoms with van der Waals surface area (Å²) in [6.07, 6.45) is 6.05. The van der Waals surface area contributed by atoms with Gasteiger partial charge in [-0.1, -0.05) is 25.8 Å². The molecule has 102 valence electrons. The Hall–Kier alpha value is -1.52. The molecule has 2 atom stereocenters. The molecule has 0 heterocycles. The second-order valence-electron chi connectivity index (χ2n) is 4.82. The van der Waals surface area contributed by atoms with Crippen LogP contribution in [0.2, 0.25) is 0 Å². The van der Waals surface area contributed by atoms with Crippen molar-refractivity contribution in [1.29, 1.82) is 0 Å². The number of hydrogen-bond donors (Lipinski definition) is 3. The SMILES string of the molecule is C=CCC(NC(=O)NC(CC)CC1CC1)C(=O)O. The molecule has 2 unspecified atom stereocenters. The molecule has 5 heteroatoms. The lowest BCUT2D eigenvalue weighted by Crippen LogP contribution is -2.48. The fourth-order valence-corrected chi connectivity index (χ4v) is 1.86. The second kappa shape index (κ2) is 7.03. The van der Waals surface area contributed by atoms with Gasteiger partial charge in [0.05, 0.1) is 0 Å². The molecule has 1 saturated carbocycles. The van der Waals surface area contributed by atoms with Gasteiger partial charge in [0.1, 0.15) is 6.04 Å². The summed E-state index contributed by atoms with van der Waals surface area (Å²) >= 11 is 0. The first kappa shape index (κ1) is 14.5. The van der Waals surface area contributed by atoms with Crippen LogP contribution in [0.25, 0.3) is 0 Å². The summed E-state index contributed by atoms with van der Waals surface area (Å²) in [4.78, 5) is 22.6. The second-order valence-corrected chi connectivity index (χ2v) is 4.82. The summed E-state index contributed by atoms with van der Waals surface area (Å²) < 4.78 is 0. The summed E-state index contributed by atoms with van der Waals surface area (Å²) in [6, 6.07) is -1.17. The molecule has 5 nitrogen and oxygen atoms in total. The first-order valence-electron chi connectivity index (χ1n) is 6.47. The molecular formula is C13H22N2O3. The van der Waals surface area contributed by atoms with E-state index >= 15 is 0 Å². The van der Waals surface area contributed by atoms with Gasteiger partial charge in [0.2, 0.25) is 0 Å². The Balaban J connectivity index is 2.36. The van der Waals surface area contributed by atoms with Crippen LogP contribution in [0.5, 0.6) is 0 Å². The van der Waals surface area contributed by atoms with Gasteiger partial charge < -0.3 is 15.7 Å². The molecule has 0 aromatic rings. The fraction of sp³-hybridized carbons (Fsp3) is 0.692. The van der Waals surface area contributed by atoms with Crippen LogP contribution in [0.4, 0.5) is 4.79 Å². The number of hydrogen-bond acceptors (Lipinski definition) is 2. The molecule has 0 aromatic heterocycles. The Morgan fingerprint density at radius 3 is 2.56 bits per heavy atom. The Labute approximate surface area is 108 Å². The largest absolute Gasteiger partial charge is 0.480 e. The highest BCUT2D eigenvalue weighted by Crippen LogP contribution is 2.33. The van der Waals surface area contributed by atoms with Crippen LogP contribution in [0, 0.1) is 5.92 Å². The van der Waals surface area contributed by atoms with E-state index in [2.05, 4.69) is 17.2 Å². The Morgan fingerprint density at radius 1 is 1.44 bits per heavy atom. The Bertz CT molecular complexity index is 313. The van der Waals surface area contributed by atoms with Gasteiger partial charge in [-0.15, -0.1) is 6.58 Å². The number of carbonyl (C=O) groups is 2. The lowest BCUT2D eigenvalue weighted by molar-refractivity contribution is -0.139. The summed E-state index contributed by atoms with van der Waals surface area (Å²) in [5.41, 5.74) is 0. The van der Waals surface area contributed by atoms with Crippen LogP contribution >= 0.6 is 0 Å². The zero-order valence-electron chi connectivity index (χ0n) is 10.8. The maximum Gasteiger partial charge on any atom is 0.326 e. The van der Waals surface area contributed by atoms with Gasteiger partial charge in [0.15, 0.2) is 0 Å². The van der Waals surface area contributed by atoms with Crippen molar-refractivity contribution >= 4 is 12.0 Å². The highest BCUT2D eigenvalue weighted by Gasteiger charge is 2.26. The van der Waals surface area contributed by atoms with Crippen molar-refractivity contribution in [1.82, 2.24) is 10.6 Å². The summed E-state index contributed by atoms with van der Waals surface area (Å²) in [5, 5.41) is 14.2. The van der Waals surface area contributed by atoms with E-state index < -0.39 is 18.0 Å². The Kier molecular flexibility index (Phi) is 5.68. The molecule has 0 bridgehead atoms. The van der Waals surface area contributed by atoms with Gasteiger partial charge in [-0.3, -0.25) is 0 Å². The lowest BCUT2D eigenvalue weighted by atomic mass is 10.1. The van der Waals surface area contributed by atoms with Crippen molar-refractivity contribution in [3.63, 3.8) is 0 Å². The minimum Gasteiger partial charge on any atom is -0.480 e. The maximum atomic E-state index is 11.7. The van der Waals surface area contributed by atoms with Gasteiger partial charge >= 0.3 is 12.0 Å². The van der Waals surface area contributed by atoms with Gasteiger partial charge in [-0.25, -0.2) is 9.59 Å². The number of urea groups is 1. The molecule has 18 heavy (non-hydrogen) atoms. The lowest BCUT2D eigenvalue weighted by Gasteiger charge is -2.19. The molecule has 1 aliphatic carbocycles. The quantitative estimate of drug-likeness (QED) is 0.579. The smallest absolute Gasteiger partial charge is 0.326 e. The molecule has 0 saturated heterocycles. The Morgan fingerprint density at radius 2 is 2.11 bits per heavy atom. The van der Waals surface area contributed by atoms with Crippen molar-refractivity contribution in [2.75, 3.05) is 0 Å². The number of carbonyl (C=O) groups excluding carboxylic acids is 1. The summed E-state index contributed by atoms with van der Waals surface area (Å²) in [7, 11) is 0. The van der Waals surface area contributed by atoms with E-state index in [4.69, 9.17) is 5.11 Å². The van der Waals surface area contributed by atoms with E-state index in [0.29, 0.717) is 0 Å². The zero-order chi connectivity index (χ0) is 13.5. The third kappa shape index (κ3) is 5.21. The van der Waals surface area contributed by atoms with Crippen LogP contribution in [0.1, 0.15) is 39.0 Å². The van der Waals surface area contributed by atoms with E-state index in [1.54, 1.807) is 0 Å². The molecule has 1 rings (SSSR count). The molecule has 0 radical (unpaired) electrons. The van der Waals surface area contributed by atoms with Gasteiger partial charge in [-0.2, -0.15) is 0 Å². The van der Waals surface area contributed by atoms with Crippen molar-refractivity contribution in [3.8, 4) is 0 Å². The molecular weight excluding hydrogens is 232 g/mol. The molecule has 2 amide bonds. The third-order valence-corrected chi connectivity index (χ3v) is 3.15. The van der Waals surface area contributed by atoms with E-state index in [0.717, 1.165) is 18.8 Å². The number of nitrogens with one attached hydrogen (secondary N) is 2. The number of aliphatic carboxylic acids is 1. The predicted molar refractivity (Wildman–Crippen MR) is 69.3 cm³/mol.